The first-order valence-corrected chi connectivity index (χ1v) is 2.81. The monoisotopic (exact) mass is 128 g/mol. The molecule has 0 aromatic rings. The molecule has 0 aromatic heterocycles. The highest BCUT2D eigenvalue weighted by atomic mass is 16.6. The van der Waals surface area contributed by atoms with E-state index in [0.29, 0.717) is 6.42 Å². The molecule has 50 valence electrons. The second-order valence-corrected chi connectivity index (χ2v) is 1.88. The molecule has 1 heterocycles. The van der Waals surface area contributed by atoms with Crippen LogP contribution in [0, 0.1) is 0 Å². The molecule has 9 heavy (non-hydrogen) atoms. The second-order valence-electron chi connectivity index (χ2n) is 1.88. The summed E-state index contributed by atoms with van der Waals surface area (Å²) in [6.45, 7) is -0.0872. The normalized spacial score (nSPS) is 25.9. The predicted molar refractivity (Wildman–Crippen MR) is 30.7 cm³/mol. The van der Waals surface area contributed by atoms with Crippen molar-refractivity contribution in [1.82, 2.24) is 0 Å². The fraction of sp³-hybridized carbons (Fsp3) is 0.500. The van der Waals surface area contributed by atoms with E-state index in [0.717, 1.165) is 0 Å². The molecule has 1 aliphatic rings. The highest BCUT2D eigenvalue weighted by molar-refractivity contribution is 5.82. The van der Waals surface area contributed by atoms with Gasteiger partial charge in [0, 0.05) is 12.5 Å². The zero-order valence-electron chi connectivity index (χ0n) is 4.91. The lowest BCUT2D eigenvalue weighted by molar-refractivity contribution is -0.145. The van der Waals surface area contributed by atoms with Gasteiger partial charge in [-0.1, -0.05) is 6.08 Å². The molecule has 0 spiro atoms. The van der Waals surface area contributed by atoms with Crippen LogP contribution in [0.3, 0.4) is 0 Å². The van der Waals surface area contributed by atoms with Gasteiger partial charge >= 0.3 is 5.97 Å². The fourth-order valence-corrected chi connectivity index (χ4v) is 0.680. The van der Waals surface area contributed by atoms with E-state index in [9.17, 15) is 4.79 Å². The molecule has 3 nitrogen and oxygen atoms in total. The fourth-order valence-electron chi connectivity index (χ4n) is 0.680. The Morgan fingerprint density at radius 1 is 1.89 bits per heavy atom. The van der Waals surface area contributed by atoms with Gasteiger partial charge in [0.2, 0.25) is 0 Å². The van der Waals surface area contributed by atoms with E-state index < -0.39 is 0 Å². The number of rotatable bonds is 1. The van der Waals surface area contributed by atoms with Crippen LogP contribution >= 0.6 is 0 Å². The van der Waals surface area contributed by atoms with Gasteiger partial charge in [-0.05, 0) is 0 Å². The first-order valence-electron chi connectivity index (χ1n) is 2.81. The van der Waals surface area contributed by atoms with Crippen molar-refractivity contribution in [3.8, 4) is 0 Å². The van der Waals surface area contributed by atoms with E-state index in [4.69, 9.17) is 5.11 Å². The number of cyclic esters (lactones) is 1. The Kier molecular flexibility index (Phi) is 1.85. The molecule has 0 fully saturated rings. The standard InChI is InChI=1S/C6H8O3/c7-4-5-2-1-3-6(8)9-5/h1,3,5,7H,2,4H2/t5-/m0/s1. The molecule has 0 unspecified atom stereocenters. The van der Waals surface area contributed by atoms with Crippen LogP contribution in [-0.2, 0) is 9.53 Å². The zero-order chi connectivity index (χ0) is 6.69. The topological polar surface area (TPSA) is 46.5 Å². The minimum absolute atomic E-state index is 0.0872. The van der Waals surface area contributed by atoms with Gasteiger partial charge in [0.25, 0.3) is 0 Å². The summed E-state index contributed by atoms with van der Waals surface area (Å²) in [5, 5.41) is 8.50. The number of aliphatic hydroxyl groups excluding tert-OH is 1. The highest BCUT2D eigenvalue weighted by Gasteiger charge is 2.13. The molecular formula is C6H8O3. The first-order chi connectivity index (χ1) is 4.33. The van der Waals surface area contributed by atoms with E-state index >= 15 is 0 Å². The number of aliphatic hydroxyl groups is 1. The summed E-state index contributed by atoms with van der Waals surface area (Å²) in [5.74, 6) is -0.361. The lowest BCUT2D eigenvalue weighted by atomic mass is 10.2. The number of carbonyl (C=O) groups is 1. The van der Waals surface area contributed by atoms with E-state index in [1.807, 2.05) is 0 Å². The molecule has 1 rings (SSSR count). The Balaban J connectivity index is 2.47. The molecule has 3 heteroatoms. The van der Waals surface area contributed by atoms with Gasteiger partial charge in [-0.3, -0.25) is 0 Å². The quantitative estimate of drug-likeness (QED) is 0.499. The van der Waals surface area contributed by atoms with E-state index in [-0.39, 0.29) is 18.7 Å². The lowest BCUT2D eigenvalue weighted by Gasteiger charge is -2.14. The number of esters is 1. The Labute approximate surface area is 52.9 Å². The molecule has 1 N–H and O–H groups in total. The Hall–Kier alpha value is -0.830. The van der Waals surface area contributed by atoms with Crippen molar-refractivity contribution in [2.45, 2.75) is 12.5 Å². The number of carbonyl (C=O) groups excluding carboxylic acids is 1. The molecule has 0 aliphatic carbocycles. The molecule has 1 aliphatic heterocycles. The van der Waals surface area contributed by atoms with E-state index in [1.165, 1.54) is 6.08 Å². The number of ether oxygens (including phenoxy) is 1. The predicted octanol–water partition coefficient (Wildman–Crippen LogP) is -0.150. The number of hydrogen-bond donors (Lipinski definition) is 1. The van der Waals surface area contributed by atoms with Crippen LogP contribution in [0.25, 0.3) is 0 Å². The van der Waals surface area contributed by atoms with Crippen LogP contribution in [0.1, 0.15) is 6.42 Å². The van der Waals surface area contributed by atoms with Crippen molar-refractivity contribution in [3.05, 3.63) is 12.2 Å². The average Bonchev–Trinajstić information content (AvgIpc) is 1.88. The summed E-state index contributed by atoms with van der Waals surface area (Å²) in [7, 11) is 0. The maximum atomic E-state index is 10.4. The summed E-state index contributed by atoms with van der Waals surface area (Å²) in [4.78, 5) is 10.4. The third kappa shape index (κ3) is 1.54. The van der Waals surface area contributed by atoms with Crippen LogP contribution in [0.15, 0.2) is 12.2 Å². The Bertz CT molecular complexity index is 139. The SMILES string of the molecule is O=C1C=CC[C@@H](CO)O1. The highest BCUT2D eigenvalue weighted by Crippen LogP contribution is 2.05. The maximum Gasteiger partial charge on any atom is 0.330 e. The number of hydrogen-bond acceptors (Lipinski definition) is 3. The van der Waals surface area contributed by atoms with E-state index in [1.54, 1.807) is 6.08 Å². The third-order valence-corrected chi connectivity index (χ3v) is 1.14. The molecule has 0 aromatic carbocycles. The summed E-state index contributed by atoms with van der Waals surface area (Å²) in [6.07, 6.45) is 3.38. The molecule has 0 amide bonds. The lowest BCUT2D eigenvalue weighted by Crippen LogP contribution is -2.23. The van der Waals surface area contributed by atoms with Gasteiger partial charge in [-0.2, -0.15) is 0 Å². The summed E-state index contributed by atoms with van der Waals surface area (Å²) in [6, 6.07) is 0. The summed E-state index contributed by atoms with van der Waals surface area (Å²) < 4.78 is 4.66. The van der Waals surface area contributed by atoms with Gasteiger partial charge in [0.05, 0.1) is 6.61 Å². The van der Waals surface area contributed by atoms with Gasteiger partial charge in [-0.25, -0.2) is 4.79 Å². The molecule has 0 radical (unpaired) electrons. The van der Waals surface area contributed by atoms with Crippen LogP contribution in [0.4, 0.5) is 0 Å². The minimum Gasteiger partial charge on any atom is -0.456 e. The molecule has 0 bridgehead atoms. The molecule has 0 saturated heterocycles. The van der Waals surface area contributed by atoms with Gasteiger partial charge in [-0.15, -0.1) is 0 Å². The largest absolute Gasteiger partial charge is 0.456 e. The van der Waals surface area contributed by atoms with Crippen molar-refractivity contribution in [2.24, 2.45) is 0 Å². The van der Waals surface area contributed by atoms with Crippen molar-refractivity contribution < 1.29 is 14.6 Å². The Morgan fingerprint density at radius 2 is 2.67 bits per heavy atom. The summed E-state index contributed by atoms with van der Waals surface area (Å²) >= 11 is 0. The van der Waals surface area contributed by atoms with Crippen LogP contribution in [-0.4, -0.2) is 23.8 Å². The van der Waals surface area contributed by atoms with Gasteiger partial charge in [0.15, 0.2) is 0 Å². The van der Waals surface area contributed by atoms with Crippen molar-refractivity contribution in [1.29, 1.82) is 0 Å². The van der Waals surface area contributed by atoms with Gasteiger partial charge in [0.1, 0.15) is 6.10 Å². The van der Waals surface area contributed by atoms with Crippen molar-refractivity contribution in [3.63, 3.8) is 0 Å². The van der Waals surface area contributed by atoms with E-state index in [2.05, 4.69) is 4.74 Å². The molecular weight excluding hydrogens is 120 g/mol. The summed E-state index contributed by atoms with van der Waals surface area (Å²) in [5.41, 5.74) is 0. The second kappa shape index (κ2) is 2.64. The molecule has 1 atom stereocenters. The maximum absolute atomic E-state index is 10.4. The van der Waals surface area contributed by atoms with Crippen molar-refractivity contribution in [2.75, 3.05) is 6.61 Å². The smallest absolute Gasteiger partial charge is 0.330 e. The van der Waals surface area contributed by atoms with Crippen molar-refractivity contribution >= 4 is 5.97 Å². The van der Waals surface area contributed by atoms with Crippen LogP contribution in [0.2, 0.25) is 0 Å². The Morgan fingerprint density at radius 3 is 3.11 bits per heavy atom. The molecule has 0 saturated carbocycles. The zero-order valence-corrected chi connectivity index (χ0v) is 4.91. The first kappa shape index (κ1) is 6.29. The van der Waals surface area contributed by atoms with Crippen LogP contribution in [0.5, 0.6) is 0 Å². The van der Waals surface area contributed by atoms with Gasteiger partial charge < -0.3 is 9.84 Å². The average molecular weight is 128 g/mol. The minimum atomic E-state index is -0.361. The van der Waals surface area contributed by atoms with Crippen LogP contribution < -0.4 is 0 Å². The third-order valence-electron chi connectivity index (χ3n) is 1.14.